The lowest BCUT2D eigenvalue weighted by molar-refractivity contribution is -0.138. The Hall–Kier alpha value is -12.1. The fourth-order valence-corrected chi connectivity index (χ4v) is 17.1. The van der Waals surface area contributed by atoms with Gasteiger partial charge in [-0.25, -0.2) is 44.9 Å². The number of aromatic nitrogens is 12. The number of pyridine rings is 4. The molecule has 39 heteroatoms. The van der Waals surface area contributed by atoms with Crippen LogP contribution in [0, 0.1) is 27.7 Å². The minimum atomic E-state index is -4.46. The first-order valence-corrected chi connectivity index (χ1v) is 46.3. The van der Waals surface area contributed by atoms with Crippen molar-refractivity contribution in [1.82, 2.24) is 74.5 Å². The molecule has 4 aromatic carbocycles. The van der Waals surface area contributed by atoms with Crippen LogP contribution in [0.1, 0.15) is 123 Å². The normalized spacial score (nSPS) is 13.8. The van der Waals surface area contributed by atoms with Gasteiger partial charge >= 0.3 is 18.5 Å². The molecule has 0 bridgehead atoms. The van der Waals surface area contributed by atoms with E-state index in [0.717, 1.165) is 227 Å². The van der Waals surface area contributed by atoms with Crippen LogP contribution in [0.3, 0.4) is 0 Å². The van der Waals surface area contributed by atoms with E-state index in [1.165, 1.54) is 43.0 Å². The number of fused-ring (bicyclic) bond motifs is 12. The number of nitrogens with zero attached hydrogens (tertiary/aromatic N) is 16. The molecule has 0 atom stereocenters. The Morgan fingerprint density at radius 2 is 0.735 bits per heavy atom. The van der Waals surface area contributed by atoms with Crippen molar-refractivity contribution in [2.45, 2.75) is 136 Å². The first kappa shape index (κ1) is 99.8. The predicted molar refractivity (Wildman–Crippen MR) is 538 cm³/mol. The Morgan fingerprint density at radius 3 is 1.10 bits per heavy atom. The van der Waals surface area contributed by atoms with Crippen LogP contribution in [-0.4, -0.2) is 176 Å². The number of rotatable bonds is 24. The third-order valence-corrected chi connectivity index (χ3v) is 24.4. The van der Waals surface area contributed by atoms with Gasteiger partial charge in [-0.15, -0.1) is 0 Å². The summed E-state index contributed by atoms with van der Waals surface area (Å²) in [7, 11) is 10.3. The van der Waals surface area contributed by atoms with Gasteiger partial charge in [-0.1, -0.05) is 85.1 Å². The van der Waals surface area contributed by atoms with Gasteiger partial charge in [-0.3, -0.25) is 15.0 Å². The van der Waals surface area contributed by atoms with Gasteiger partial charge < -0.3 is 67.9 Å². The monoisotopic (exact) mass is 1950 g/mol. The minimum Gasteiger partial charge on any atom is -0.360 e. The average molecular weight is 1950 g/mol. The molecule has 1 saturated heterocycles. The van der Waals surface area contributed by atoms with Gasteiger partial charge in [0.25, 0.3) is 0 Å². The zero-order valence-corrected chi connectivity index (χ0v) is 80.4. The number of hydrogen-bond acceptors (Lipinski definition) is 25. The van der Waals surface area contributed by atoms with E-state index in [1.54, 1.807) is 18.6 Å². The minimum absolute atomic E-state index is 0.273. The second-order valence-electron chi connectivity index (χ2n) is 34.2. The summed E-state index contributed by atoms with van der Waals surface area (Å²) < 4.78 is 119. The molecule has 8 aromatic heterocycles. The number of nitrogens with one attached hydrogen (secondary N) is 8. The van der Waals surface area contributed by atoms with Crippen LogP contribution in [0.25, 0.3) is 45.0 Å². The zero-order valence-electron chi connectivity index (χ0n) is 76.4. The quantitative estimate of drug-likeness (QED) is 0.0154. The van der Waals surface area contributed by atoms with Crippen LogP contribution in [0.5, 0.6) is 0 Å². The first-order chi connectivity index (χ1) is 64.9. The molecule has 5 aliphatic heterocycles. The van der Waals surface area contributed by atoms with Crippen molar-refractivity contribution in [2.75, 3.05) is 128 Å². The van der Waals surface area contributed by atoms with Crippen LogP contribution >= 0.6 is 60.5 Å². The van der Waals surface area contributed by atoms with Crippen molar-refractivity contribution in [3.8, 4) is 45.0 Å². The number of unbranched alkanes of at least 4 members (excludes halogenated alkanes) is 1. The third-order valence-electron chi connectivity index (χ3n) is 23.1. The highest BCUT2D eigenvalue weighted by Gasteiger charge is 2.36. The lowest BCUT2D eigenvalue weighted by atomic mass is 10.0. The number of benzene rings is 4. The van der Waals surface area contributed by atoms with Gasteiger partial charge in [0.05, 0.1) is 105 Å². The maximum Gasteiger partial charge on any atom is 0.416 e. The Morgan fingerprint density at radius 1 is 0.382 bits per heavy atom. The number of likely N-dealkylation sites (tertiary alicyclic amines) is 1. The van der Waals surface area contributed by atoms with Crippen LogP contribution in [0.15, 0.2) is 147 Å². The van der Waals surface area contributed by atoms with E-state index in [4.69, 9.17) is 76.2 Å². The van der Waals surface area contributed by atoms with Gasteiger partial charge in [-0.05, 0) is 248 Å². The van der Waals surface area contributed by atoms with Crippen molar-refractivity contribution < 1.29 is 39.5 Å². The highest BCUT2D eigenvalue weighted by Crippen LogP contribution is 2.44. The van der Waals surface area contributed by atoms with E-state index >= 15 is 0 Å². The van der Waals surface area contributed by atoms with E-state index in [2.05, 4.69) is 152 Å². The summed E-state index contributed by atoms with van der Waals surface area (Å²) in [5.74, 6) is 2.40. The smallest absolute Gasteiger partial charge is 0.360 e. The SMILES string of the molecule is Cc1nc(N(C)CCCN(C)C)ccc1Nc1ncc2c(n1)-c1ccc(C(F)(F)F)cc1NC(=S)C2.Cc1ncc(CCCCN(C)C)cc1Nc1ncc2c(n1)-c1ccc(Cl)cc1NC(=S)C2.Cc1ncc(CCCN)cc1Nc1ncc2c(n1)-c1ccc(C(F)(F)F)cc1NC(=S)C2.Cc1ncc(CCN2CCCCC2)cc1Nc1ncc2c(n1)-c1ccc(C(F)(F)F)cc1NC(=S)C2. The topological polar surface area (TPSA) is 290 Å². The van der Waals surface area contributed by atoms with Gasteiger partial charge in [0.15, 0.2) is 0 Å². The fourth-order valence-electron chi connectivity index (χ4n) is 15.9. The van der Waals surface area contributed by atoms with Gasteiger partial charge in [-0.2, -0.15) is 39.5 Å². The van der Waals surface area contributed by atoms with E-state index in [9.17, 15) is 39.5 Å². The molecule has 25 nitrogen and oxygen atoms in total. The summed E-state index contributed by atoms with van der Waals surface area (Å²) in [5, 5.41) is 25.7. The number of hydrogen-bond donors (Lipinski definition) is 9. The standard InChI is InChI=1S/C26H27F3N6S.C25H28F3N7S.C24H27ClN6S.C22H21F3N6S/c1-16-21(11-17(14-30-16)7-10-35-8-3-2-4-9-35)33-25-31-15-18-12-23(36)32-22-13-19(26(27,28)29)5-6-20(22)24(18)34-25;1-15-19(8-9-21(30-15)35(4)11-5-10-34(2)3)32-24-29-14-16-12-22(36)31-20-13-17(25(26,27)28)6-7-18(20)23(16)33-24;1-15-20(10-16(13-26-15)6-4-5-9-31(2)3)29-24-27-14-17-11-22(32)28-21-12-18(25)7-8-19(21)23(17)30-24;1-12-17(7-13(10-27-12)3-2-6-26)30-21-28-11-14-8-19(32)29-18-9-15(22(23,24)25)4-5-16(18)20(14)31-21/h5-6,11,13-15H,2-4,7-10,12H2,1H3,(H,32,36)(H,31,33,34);6-9,13-14H,5,10-12H2,1-4H3,(H,31,36)(H,29,32,33);7-8,10,12-14H,4-6,9,11H2,1-3H3,(H,28,32)(H,27,29,30);4-5,7,9-11H,2-3,6,8,26H2,1H3,(H,29,32)(H,28,30,31). The predicted octanol–water partition coefficient (Wildman–Crippen LogP) is 21.4. The average Bonchev–Trinajstić information content (AvgIpc) is 1.59. The molecule has 12 aromatic rings. The number of halogens is 10. The zero-order chi connectivity index (χ0) is 96.9. The molecule has 0 unspecified atom stereocenters. The molecule has 1 fully saturated rings. The molecule has 0 amide bonds. The summed E-state index contributed by atoms with van der Waals surface area (Å²) in [4.78, 5) is 65.8. The lowest BCUT2D eigenvalue weighted by Crippen LogP contribution is -2.31. The largest absolute Gasteiger partial charge is 0.416 e. The molecule has 10 N–H and O–H groups in total. The summed E-state index contributed by atoms with van der Waals surface area (Å²) in [5.41, 5.74) is 23.2. The number of aryl methyl sites for hydroxylation is 6. The first-order valence-electron chi connectivity index (χ1n) is 44.3. The second-order valence-corrected chi connectivity index (χ2v) is 36.7. The third kappa shape index (κ3) is 26.4. The molecular weight excluding hydrogens is 1850 g/mol. The molecule has 0 aliphatic carbocycles. The molecule has 710 valence electrons. The fraction of sp³-hybridized carbons (Fsp3) is 0.340. The molecule has 0 spiro atoms. The number of piperidine rings is 1. The van der Waals surface area contributed by atoms with Crippen molar-refractivity contribution in [3.63, 3.8) is 0 Å². The molecule has 17 rings (SSSR count). The highest BCUT2D eigenvalue weighted by atomic mass is 35.5. The Labute approximate surface area is 809 Å². The summed E-state index contributed by atoms with van der Waals surface area (Å²) in [6.45, 7) is 14.6. The van der Waals surface area contributed by atoms with Gasteiger partial charge in [0.1, 0.15) is 5.82 Å². The van der Waals surface area contributed by atoms with Crippen LogP contribution in [0.2, 0.25) is 5.02 Å². The van der Waals surface area contributed by atoms with Crippen molar-refractivity contribution in [1.29, 1.82) is 0 Å². The molecule has 13 heterocycles. The van der Waals surface area contributed by atoms with Crippen LogP contribution in [-0.2, 0) is 63.5 Å². The van der Waals surface area contributed by atoms with Crippen LogP contribution in [0.4, 0.5) is 115 Å². The van der Waals surface area contributed by atoms with Crippen molar-refractivity contribution in [2.24, 2.45) is 5.73 Å². The second kappa shape index (κ2) is 44.3. The van der Waals surface area contributed by atoms with E-state index in [0.29, 0.717) is 110 Å². The van der Waals surface area contributed by atoms with Gasteiger partial charge in [0.2, 0.25) is 23.8 Å². The Balaban J connectivity index is 0.000000145. The van der Waals surface area contributed by atoms with E-state index in [-0.39, 0.29) is 17.1 Å². The Kier molecular flexibility index (Phi) is 32.5. The van der Waals surface area contributed by atoms with Crippen LogP contribution < -0.4 is 53.2 Å². The molecule has 5 aliphatic rings. The molecular formula is C97H103ClF9N25S4. The molecule has 136 heavy (non-hydrogen) atoms. The van der Waals surface area contributed by atoms with Crippen molar-refractivity contribution in [3.05, 3.63) is 230 Å². The summed E-state index contributed by atoms with van der Waals surface area (Å²) in [6, 6.07) is 26.4. The van der Waals surface area contributed by atoms with E-state index in [1.807, 2.05) is 95.9 Å². The number of alkyl halides is 9. The van der Waals surface area contributed by atoms with Gasteiger partial charge in [0, 0.05) is 161 Å². The number of nitrogens with two attached hydrogens (primary N) is 1. The van der Waals surface area contributed by atoms with Crippen molar-refractivity contribution >= 4 is 156 Å². The lowest BCUT2D eigenvalue weighted by Gasteiger charge is -2.26. The van der Waals surface area contributed by atoms with E-state index < -0.39 is 35.2 Å². The summed E-state index contributed by atoms with van der Waals surface area (Å²) in [6.07, 6.45) is 11.4. The summed E-state index contributed by atoms with van der Waals surface area (Å²) >= 11 is 27.7. The molecule has 0 radical (unpaired) electrons. The highest BCUT2D eigenvalue weighted by molar-refractivity contribution is 7.81. The maximum atomic E-state index is 13.3. The molecule has 0 saturated carbocycles. The number of anilines is 13. The maximum absolute atomic E-state index is 13.3. The Bertz CT molecular complexity index is 6420. The number of thiocarbonyl (C=S) groups is 4.